The number of nitrogens with one attached hydrogen (secondary N) is 2. The second-order valence-corrected chi connectivity index (χ2v) is 8.51. The summed E-state index contributed by atoms with van der Waals surface area (Å²) >= 11 is 0. The summed E-state index contributed by atoms with van der Waals surface area (Å²) in [5.41, 5.74) is 1.81. The van der Waals surface area contributed by atoms with E-state index in [9.17, 15) is 8.42 Å². The Morgan fingerprint density at radius 3 is 2.13 bits per heavy atom. The summed E-state index contributed by atoms with van der Waals surface area (Å²) in [5, 5.41) is 3.14. The van der Waals surface area contributed by atoms with Crippen LogP contribution in [-0.2, 0) is 10.0 Å². The molecule has 0 atom stereocenters. The number of nitrogens with zero attached hydrogens (tertiary/aromatic N) is 2. The van der Waals surface area contributed by atoms with E-state index in [4.69, 9.17) is 9.47 Å². The molecule has 0 spiro atoms. The van der Waals surface area contributed by atoms with E-state index in [0.717, 1.165) is 6.42 Å². The van der Waals surface area contributed by atoms with Crippen molar-refractivity contribution in [3.63, 3.8) is 0 Å². The maximum Gasteiger partial charge on any atom is 0.262 e. The number of sulfonamides is 1. The Morgan fingerprint density at radius 2 is 1.55 bits per heavy atom. The molecule has 1 aliphatic carbocycles. The number of fused-ring (bicyclic) bond motifs is 1. The van der Waals surface area contributed by atoms with E-state index in [2.05, 4.69) is 20.0 Å². The Morgan fingerprint density at radius 1 is 0.903 bits per heavy atom. The summed E-state index contributed by atoms with van der Waals surface area (Å²) in [6, 6.07) is 12.5. The smallest absolute Gasteiger partial charge is 0.262 e. The van der Waals surface area contributed by atoms with Gasteiger partial charge in [-0.3, -0.25) is 4.72 Å². The number of para-hydroxylation sites is 2. The lowest BCUT2D eigenvalue weighted by Crippen LogP contribution is -2.17. The highest BCUT2D eigenvalue weighted by atomic mass is 32.2. The van der Waals surface area contributed by atoms with Gasteiger partial charge in [-0.05, 0) is 31.1 Å². The Bertz CT molecular complexity index is 1260. The first-order chi connectivity index (χ1) is 15.0. The number of allylic oxidation sites excluding steroid dienone is 3. The standard InChI is InChI=1S/C22H22N4O4S/c1-29-16-12-15(13-17(14-16)30-2)23-21-22(25-20-11-7-6-10-19(20)24-21)26-31(27,28)18-8-4-3-5-9-18/h4,6-14H,3,5H2,1-2H3,(H,23,24)(H,25,26). The van der Waals surface area contributed by atoms with Crippen LogP contribution in [0.15, 0.2) is 65.6 Å². The summed E-state index contributed by atoms with van der Waals surface area (Å²) in [6.45, 7) is 0. The number of rotatable bonds is 7. The normalized spacial score (nSPS) is 13.5. The van der Waals surface area contributed by atoms with E-state index in [1.165, 1.54) is 0 Å². The minimum atomic E-state index is -3.81. The van der Waals surface area contributed by atoms with Crippen molar-refractivity contribution in [2.75, 3.05) is 24.3 Å². The van der Waals surface area contributed by atoms with Crippen LogP contribution in [0.2, 0.25) is 0 Å². The molecule has 1 aromatic heterocycles. The van der Waals surface area contributed by atoms with Gasteiger partial charge in [0.15, 0.2) is 11.6 Å². The van der Waals surface area contributed by atoms with Gasteiger partial charge in [0.2, 0.25) is 0 Å². The molecule has 2 N–H and O–H groups in total. The minimum absolute atomic E-state index is 0.0976. The Hall–Kier alpha value is -3.59. The number of anilines is 3. The highest BCUT2D eigenvalue weighted by Crippen LogP contribution is 2.31. The van der Waals surface area contributed by atoms with E-state index in [-0.39, 0.29) is 16.5 Å². The average molecular weight is 439 g/mol. The molecule has 0 radical (unpaired) electrons. The summed E-state index contributed by atoms with van der Waals surface area (Å²) in [4.78, 5) is 9.31. The second kappa shape index (κ2) is 8.65. The lowest BCUT2D eigenvalue weighted by Gasteiger charge is -2.16. The molecule has 0 amide bonds. The topological polar surface area (TPSA) is 102 Å². The van der Waals surface area contributed by atoms with E-state index in [1.807, 2.05) is 24.3 Å². The van der Waals surface area contributed by atoms with E-state index < -0.39 is 10.0 Å². The number of ether oxygens (including phenoxy) is 2. The Balaban J connectivity index is 1.77. The molecule has 3 aromatic rings. The number of aromatic nitrogens is 2. The van der Waals surface area contributed by atoms with Gasteiger partial charge < -0.3 is 14.8 Å². The summed E-state index contributed by atoms with van der Waals surface area (Å²) in [7, 11) is -0.703. The van der Waals surface area contributed by atoms with Crippen LogP contribution in [0.5, 0.6) is 11.5 Å². The zero-order valence-corrected chi connectivity index (χ0v) is 17.9. The third-order valence-corrected chi connectivity index (χ3v) is 6.07. The van der Waals surface area contributed by atoms with Crippen LogP contribution in [-0.4, -0.2) is 32.6 Å². The van der Waals surface area contributed by atoms with Gasteiger partial charge in [0.1, 0.15) is 11.5 Å². The molecule has 2 aromatic carbocycles. The predicted octanol–water partition coefficient (Wildman–Crippen LogP) is 4.37. The zero-order valence-electron chi connectivity index (χ0n) is 17.1. The van der Waals surface area contributed by atoms with Gasteiger partial charge in [-0.15, -0.1) is 0 Å². The molecule has 31 heavy (non-hydrogen) atoms. The highest BCUT2D eigenvalue weighted by Gasteiger charge is 2.21. The summed E-state index contributed by atoms with van der Waals surface area (Å²) in [5.74, 6) is 1.52. The highest BCUT2D eigenvalue weighted by molar-refractivity contribution is 7.96. The third-order valence-electron chi connectivity index (χ3n) is 4.69. The maximum absolute atomic E-state index is 12.9. The lowest BCUT2D eigenvalue weighted by atomic mass is 10.2. The van der Waals surface area contributed by atoms with Gasteiger partial charge in [-0.2, -0.15) is 0 Å². The van der Waals surface area contributed by atoms with Crippen molar-refractivity contribution in [3.05, 3.63) is 65.6 Å². The largest absolute Gasteiger partial charge is 0.497 e. The first-order valence-corrected chi connectivity index (χ1v) is 11.1. The first kappa shape index (κ1) is 20.7. The molecule has 0 bridgehead atoms. The van der Waals surface area contributed by atoms with Gasteiger partial charge >= 0.3 is 0 Å². The van der Waals surface area contributed by atoms with E-state index in [0.29, 0.717) is 34.6 Å². The molecule has 160 valence electrons. The van der Waals surface area contributed by atoms with Crippen molar-refractivity contribution >= 4 is 38.4 Å². The molecule has 4 rings (SSSR count). The quantitative estimate of drug-likeness (QED) is 0.565. The summed E-state index contributed by atoms with van der Waals surface area (Å²) in [6.07, 6.45) is 6.61. The van der Waals surface area contributed by atoms with Crippen molar-refractivity contribution in [2.45, 2.75) is 12.8 Å². The van der Waals surface area contributed by atoms with Gasteiger partial charge in [0, 0.05) is 23.9 Å². The SMILES string of the molecule is COc1cc(Nc2nc3ccccc3nc2NS(=O)(=O)C2=CCCC=C2)cc(OC)c1. The number of benzene rings is 2. The molecule has 9 heteroatoms. The van der Waals surface area contributed by atoms with Crippen LogP contribution in [0.3, 0.4) is 0 Å². The van der Waals surface area contributed by atoms with Crippen LogP contribution >= 0.6 is 0 Å². The van der Waals surface area contributed by atoms with E-state index in [1.54, 1.807) is 50.6 Å². The molecule has 0 aliphatic heterocycles. The fourth-order valence-corrected chi connectivity index (χ4v) is 4.28. The van der Waals surface area contributed by atoms with Crippen molar-refractivity contribution in [1.82, 2.24) is 9.97 Å². The van der Waals surface area contributed by atoms with E-state index >= 15 is 0 Å². The van der Waals surface area contributed by atoms with Gasteiger partial charge in [-0.1, -0.05) is 24.3 Å². The molecule has 0 fully saturated rings. The van der Waals surface area contributed by atoms with Crippen LogP contribution in [0.1, 0.15) is 12.8 Å². The molecular weight excluding hydrogens is 416 g/mol. The van der Waals surface area contributed by atoms with Crippen molar-refractivity contribution in [3.8, 4) is 11.5 Å². The predicted molar refractivity (Wildman–Crippen MR) is 121 cm³/mol. The molecular formula is C22H22N4O4S. The maximum atomic E-state index is 12.9. The van der Waals surface area contributed by atoms with Crippen LogP contribution < -0.4 is 19.5 Å². The third kappa shape index (κ3) is 4.61. The summed E-state index contributed by atoms with van der Waals surface area (Å²) < 4.78 is 39.1. The fourth-order valence-electron chi connectivity index (χ4n) is 3.15. The molecule has 0 saturated carbocycles. The van der Waals surface area contributed by atoms with Crippen LogP contribution in [0.25, 0.3) is 11.0 Å². The first-order valence-electron chi connectivity index (χ1n) is 9.65. The number of methoxy groups -OCH3 is 2. The molecule has 8 nitrogen and oxygen atoms in total. The Labute approximate surface area is 180 Å². The van der Waals surface area contributed by atoms with Crippen molar-refractivity contribution < 1.29 is 17.9 Å². The van der Waals surface area contributed by atoms with Gasteiger partial charge in [0.25, 0.3) is 10.0 Å². The fraction of sp³-hybridized carbons (Fsp3) is 0.182. The zero-order chi connectivity index (χ0) is 21.8. The lowest BCUT2D eigenvalue weighted by molar-refractivity contribution is 0.395. The molecule has 0 saturated heterocycles. The van der Waals surface area contributed by atoms with Crippen LogP contribution in [0, 0.1) is 0 Å². The van der Waals surface area contributed by atoms with Gasteiger partial charge in [-0.25, -0.2) is 18.4 Å². The minimum Gasteiger partial charge on any atom is -0.497 e. The molecule has 0 unspecified atom stereocenters. The number of hydrogen-bond acceptors (Lipinski definition) is 7. The van der Waals surface area contributed by atoms with Gasteiger partial charge in [0.05, 0.1) is 30.2 Å². The Kier molecular flexibility index (Phi) is 5.77. The number of hydrogen-bond donors (Lipinski definition) is 2. The molecule has 1 aliphatic rings. The van der Waals surface area contributed by atoms with Crippen molar-refractivity contribution in [1.29, 1.82) is 0 Å². The van der Waals surface area contributed by atoms with Crippen molar-refractivity contribution in [2.24, 2.45) is 0 Å². The monoisotopic (exact) mass is 438 g/mol. The molecule has 1 heterocycles. The average Bonchev–Trinajstić information content (AvgIpc) is 2.79. The second-order valence-electron chi connectivity index (χ2n) is 6.83. The van der Waals surface area contributed by atoms with Crippen LogP contribution in [0.4, 0.5) is 17.3 Å².